The number of hydrogen-bond acceptors (Lipinski definition) is 4. The molecule has 0 radical (unpaired) electrons. The number of benzene rings is 1. The van der Waals surface area contributed by atoms with Gasteiger partial charge < -0.3 is 4.90 Å². The molecular weight excluding hydrogens is 386 g/mol. The summed E-state index contributed by atoms with van der Waals surface area (Å²) in [6.07, 6.45) is 0. The molecule has 0 heterocycles. The lowest BCUT2D eigenvalue weighted by molar-refractivity contribution is -0.119. The molecule has 1 aromatic rings. The Morgan fingerprint density at radius 2 is 1.86 bits per heavy atom. The number of carbonyl (C=O) groups excluding carboxylic acids is 2. The van der Waals surface area contributed by atoms with Gasteiger partial charge in [0.1, 0.15) is 4.32 Å². The molecule has 0 aliphatic rings. The summed E-state index contributed by atoms with van der Waals surface area (Å²) in [6.45, 7) is 5.63. The fourth-order valence-electron chi connectivity index (χ4n) is 1.58. The van der Waals surface area contributed by atoms with Crippen LogP contribution < -0.4 is 10.9 Å². The molecule has 1 rings (SSSR count). The highest BCUT2D eigenvalue weighted by molar-refractivity contribution is 9.10. The third-order valence-electron chi connectivity index (χ3n) is 2.78. The first kappa shape index (κ1) is 18.9. The minimum Gasteiger partial charge on any atom is -0.358 e. The van der Waals surface area contributed by atoms with Gasteiger partial charge in [-0.15, -0.1) is 0 Å². The maximum atomic E-state index is 11.9. The quantitative estimate of drug-likeness (QED) is 0.584. The molecule has 0 bridgehead atoms. The van der Waals surface area contributed by atoms with Gasteiger partial charge in [0.05, 0.1) is 11.3 Å². The van der Waals surface area contributed by atoms with Crippen LogP contribution in [-0.4, -0.2) is 39.9 Å². The highest BCUT2D eigenvalue weighted by atomic mass is 79.9. The molecule has 0 unspecified atom stereocenters. The van der Waals surface area contributed by atoms with E-state index in [1.54, 1.807) is 18.2 Å². The Labute approximate surface area is 148 Å². The van der Waals surface area contributed by atoms with Crippen molar-refractivity contribution in [1.82, 2.24) is 15.8 Å². The van der Waals surface area contributed by atoms with E-state index >= 15 is 0 Å². The van der Waals surface area contributed by atoms with Crippen LogP contribution in [-0.2, 0) is 4.79 Å². The molecule has 2 amide bonds. The van der Waals surface area contributed by atoms with E-state index in [4.69, 9.17) is 12.2 Å². The Kier molecular flexibility index (Phi) is 8.44. The van der Waals surface area contributed by atoms with Crippen LogP contribution in [0.15, 0.2) is 28.7 Å². The van der Waals surface area contributed by atoms with Crippen molar-refractivity contribution in [3.05, 3.63) is 34.3 Å². The largest absolute Gasteiger partial charge is 0.358 e. The summed E-state index contributed by atoms with van der Waals surface area (Å²) in [6, 6.07) is 6.98. The molecule has 0 aliphatic carbocycles. The van der Waals surface area contributed by atoms with Crippen LogP contribution in [0.3, 0.4) is 0 Å². The second-order valence-corrected chi connectivity index (χ2v) is 6.67. The summed E-state index contributed by atoms with van der Waals surface area (Å²) < 4.78 is 1.34. The molecular formula is C14H18BrN3O2S2. The molecule has 0 saturated heterocycles. The van der Waals surface area contributed by atoms with Gasteiger partial charge in [0.25, 0.3) is 5.91 Å². The predicted octanol–water partition coefficient (Wildman–Crippen LogP) is 2.57. The van der Waals surface area contributed by atoms with Crippen LogP contribution in [0.4, 0.5) is 0 Å². The van der Waals surface area contributed by atoms with E-state index in [0.29, 0.717) is 14.4 Å². The van der Waals surface area contributed by atoms with Crippen LogP contribution in [0.25, 0.3) is 0 Å². The number of nitrogens with zero attached hydrogens (tertiary/aromatic N) is 1. The van der Waals surface area contributed by atoms with E-state index in [0.717, 1.165) is 13.1 Å². The summed E-state index contributed by atoms with van der Waals surface area (Å²) in [4.78, 5) is 25.6. The molecule has 8 heteroatoms. The number of hydrogen-bond donors (Lipinski definition) is 2. The van der Waals surface area contributed by atoms with Crippen molar-refractivity contribution in [2.75, 3.05) is 18.8 Å². The van der Waals surface area contributed by atoms with E-state index in [2.05, 4.69) is 26.8 Å². The number of nitrogens with one attached hydrogen (secondary N) is 2. The van der Waals surface area contributed by atoms with Gasteiger partial charge in [0.15, 0.2) is 0 Å². The third kappa shape index (κ3) is 5.94. The number of thiocarbonyl (C=S) groups is 1. The third-order valence-corrected chi connectivity index (χ3v) is 5.00. The molecule has 120 valence electrons. The Bertz CT molecular complexity index is 551. The first-order valence-electron chi connectivity index (χ1n) is 6.75. The predicted molar refractivity (Wildman–Crippen MR) is 97.7 cm³/mol. The average molecular weight is 404 g/mol. The monoisotopic (exact) mass is 403 g/mol. The van der Waals surface area contributed by atoms with E-state index in [1.165, 1.54) is 11.8 Å². The molecule has 5 nitrogen and oxygen atoms in total. The molecule has 0 fully saturated rings. The number of rotatable bonds is 5. The van der Waals surface area contributed by atoms with Crippen molar-refractivity contribution >= 4 is 56.0 Å². The van der Waals surface area contributed by atoms with Gasteiger partial charge >= 0.3 is 0 Å². The van der Waals surface area contributed by atoms with Crippen LogP contribution in [0, 0.1) is 0 Å². The minimum absolute atomic E-state index is 0.158. The van der Waals surface area contributed by atoms with Crippen molar-refractivity contribution in [3.8, 4) is 0 Å². The normalized spacial score (nSPS) is 9.95. The van der Waals surface area contributed by atoms with E-state index in [1.807, 2.05) is 24.8 Å². The van der Waals surface area contributed by atoms with Crippen molar-refractivity contribution in [1.29, 1.82) is 0 Å². The molecule has 0 aromatic heterocycles. The number of thioether (sulfide) groups is 1. The van der Waals surface area contributed by atoms with E-state index in [9.17, 15) is 9.59 Å². The summed E-state index contributed by atoms with van der Waals surface area (Å²) in [5, 5.41) is 0. The van der Waals surface area contributed by atoms with Crippen LogP contribution in [0.5, 0.6) is 0 Å². The summed E-state index contributed by atoms with van der Waals surface area (Å²) in [7, 11) is 0. The van der Waals surface area contributed by atoms with Gasteiger partial charge in [-0.2, -0.15) is 0 Å². The van der Waals surface area contributed by atoms with Gasteiger partial charge in [-0.3, -0.25) is 20.4 Å². The minimum atomic E-state index is -0.378. The molecule has 22 heavy (non-hydrogen) atoms. The lowest BCUT2D eigenvalue weighted by Crippen LogP contribution is -2.43. The number of amides is 2. The van der Waals surface area contributed by atoms with Gasteiger partial charge in [-0.05, 0) is 41.9 Å². The summed E-state index contributed by atoms with van der Waals surface area (Å²) in [5.74, 6) is -0.525. The van der Waals surface area contributed by atoms with Crippen LogP contribution >= 0.6 is 39.9 Å². The van der Waals surface area contributed by atoms with Crippen molar-refractivity contribution in [2.45, 2.75) is 13.8 Å². The van der Waals surface area contributed by atoms with E-state index in [-0.39, 0.29) is 17.6 Å². The Morgan fingerprint density at radius 1 is 1.23 bits per heavy atom. The van der Waals surface area contributed by atoms with Gasteiger partial charge in [0.2, 0.25) is 5.91 Å². The molecule has 0 atom stereocenters. The maximum absolute atomic E-state index is 11.9. The molecule has 0 spiro atoms. The first-order valence-corrected chi connectivity index (χ1v) is 8.93. The molecule has 0 saturated carbocycles. The Morgan fingerprint density at radius 3 is 2.45 bits per heavy atom. The maximum Gasteiger partial charge on any atom is 0.270 e. The second kappa shape index (κ2) is 9.81. The summed E-state index contributed by atoms with van der Waals surface area (Å²) in [5.41, 5.74) is 5.21. The Hall–Kier alpha value is -1.12. The smallest absolute Gasteiger partial charge is 0.270 e. The zero-order valence-electron chi connectivity index (χ0n) is 12.4. The van der Waals surface area contributed by atoms with Crippen LogP contribution in [0.2, 0.25) is 0 Å². The highest BCUT2D eigenvalue weighted by Crippen LogP contribution is 2.15. The molecule has 1 aromatic carbocycles. The van der Waals surface area contributed by atoms with E-state index < -0.39 is 0 Å². The highest BCUT2D eigenvalue weighted by Gasteiger charge is 2.12. The molecule has 2 N–H and O–H groups in total. The van der Waals surface area contributed by atoms with Crippen molar-refractivity contribution < 1.29 is 9.59 Å². The van der Waals surface area contributed by atoms with Crippen molar-refractivity contribution in [2.24, 2.45) is 0 Å². The average Bonchev–Trinajstić information content (AvgIpc) is 2.52. The standard InChI is InChI=1S/C14H18BrN3O2S2/c1-3-18(4-2)14(21)22-9-12(19)16-17-13(20)10-7-5-6-8-11(10)15/h5-8H,3-4,9H2,1-2H3,(H,16,19)(H,17,20). The summed E-state index contributed by atoms with van der Waals surface area (Å²) >= 11 is 9.80. The zero-order chi connectivity index (χ0) is 16.5. The fraction of sp³-hybridized carbons (Fsp3) is 0.357. The van der Waals surface area contributed by atoms with Gasteiger partial charge in [-0.1, -0.05) is 36.1 Å². The fourth-order valence-corrected chi connectivity index (χ4v) is 3.24. The lowest BCUT2D eigenvalue weighted by Gasteiger charge is -2.20. The van der Waals surface area contributed by atoms with Gasteiger partial charge in [0, 0.05) is 17.6 Å². The second-order valence-electron chi connectivity index (χ2n) is 4.21. The number of carbonyl (C=O) groups is 2. The first-order chi connectivity index (χ1) is 10.5. The lowest BCUT2D eigenvalue weighted by atomic mass is 10.2. The van der Waals surface area contributed by atoms with Gasteiger partial charge in [-0.25, -0.2) is 0 Å². The van der Waals surface area contributed by atoms with Crippen molar-refractivity contribution in [3.63, 3.8) is 0 Å². The molecule has 0 aliphatic heterocycles. The SMILES string of the molecule is CCN(CC)C(=S)SCC(=O)NNC(=O)c1ccccc1Br. The number of halogens is 1. The topological polar surface area (TPSA) is 61.4 Å². The Balaban J connectivity index is 2.39. The number of hydrazine groups is 1. The van der Waals surface area contributed by atoms with Crippen LogP contribution in [0.1, 0.15) is 24.2 Å². The zero-order valence-corrected chi connectivity index (χ0v) is 15.6.